The molecule has 2 aromatic carbocycles. The fourth-order valence-corrected chi connectivity index (χ4v) is 5.15. The molecular weight excluding hydrogens is 426 g/mol. The average molecular weight is 464 g/mol. The van der Waals surface area contributed by atoms with Gasteiger partial charge in [0, 0.05) is 25.6 Å². The maximum Gasteiger partial charge on any atom is 0.257 e. The molecule has 1 fully saturated rings. The van der Waals surface area contributed by atoms with E-state index in [1.807, 2.05) is 31.1 Å². The lowest BCUT2D eigenvalue weighted by Gasteiger charge is -2.39. The van der Waals surface area contributed by atoms with E-state index in [2.05, 4.69) is 47.5 Å². The highest BCUT2D eigenvalue weighted by Crippen LogP contribution is 2.39. The normalized spacial score (nSPS) is 18.1. The molecule has 1 saturated carbocycles. The van der Waals surface area contributed by atoms with Gasteiger partial charge in [-0.2, -0.15) is 0 Å². The molecule has 0 spiro atoms. The van der Waals surface area contributed by atoms with Crippen LogP contribution in [0.2, 0.25) is 0 Å². The second-order valence-electron chi connectivity index (χ2n) is 9.88. The van der Waals surface area contributed by atoms with Gasteiger partial charge in [0.25, 0.3) is 5.91 Å². The van der Waals surface area contributed by atoms with Crippen LogP contribution in [-0.4, -0.2) is 62.0 Å². The number of benzene rings is 2. The van der Waals surface area contributed by atoms with Crippen molar-refractivity contribution < 1.29 is 14.3 Å². The number of aryl methyl sites for hydroxylation is 1. The molecule has 0 radical (unpaired) electrons. The monoisotopic (exact) mass is 463 g/mol. The Labute approximate surface area is 203 Å². The average Bonchev–Trinajstić information content (AvgIpc) is 3.36. The summed E-state index contributed by atoms with van der Waals surface area (Å²) >= 11 is 0. The first-order valence-corrected chi connectivity index (χ1v) is 12.5. The number of amides is 2. The summed E-state index contributed by atoms with van der Waals surface area (Å²) in [5, 5.41) is 2.88. The summed E-state index contributed by atoms with van der Waals surface area (Å²) in [6, 6.07) is 14.4. The molecule has 4 rings (SSSR count). The lowest BCUT2D eigenvalue weighted by Crippen LogP contribution is -2.43. The van der Waals surface area contributed by atoms with E-state index in [4.69, 9.17) is 4.74 Å². The van der Waals surface area contributed by atoms with Crippen LogP contribution in [0.5, 0.6) is 5.75 Å². The van der Waals surface area contributed by atoms with Gasteiger partial charge < -0.3 is 19.9 Å². The van der Waals surface area contributed by atoms with Gasteiger partial charge in [0.15, 0.2) is 6.61 Å². The topological polar surface area (TPSA) is 61.9 Å². The molecule has 1 heterocycles. The smallest absolute Gasteiger partial charge is 0.257 e. The highest BCUT2D eigenvalue weighted by atomic mass is 16.5. The second kappa shape index (κ2) is 11.0. The molecule has 2 aromatic rings. The first-order valence-electron chi connectivity index (χ1n) is 12.5. The number of nitrogens with one attached hydrogen (secondary N) is 1. The van der Waals surface area contributed by atoms with Crippen LogP contribution in [0.1, 0.15) is 54.0 Å². The van der Waals surface area contributed by atoms with Gasteiger partial charge in [0.05, 0.1) is 6.04 Å². The number of carbonyl (C=O) groups is 2. The van der Waals surface area contributed by atoms with E-state index in [0.29, 0.717) is 12.3 Å². The molecule has 1 aliphatic heterocycles. The van der Waals surface area contributed by atoms with Crippen molar-refractivity contribution in [2.24, 2.45) is 5.92 Å². The lowest BCUT2D eigenvalue weighted by atomic mass is 9.86. The van der Waals surface area contributed by atoms with Gasteiger partial charge in [0.1, 0.15) is 5.75 Å². The first-order chi connectivity index (χ1) is 16.4. The third-order valence-electron chi connectivity index (χ3n) is 6.94. The third-order valence-corrected chi connectivity index (χ3v) is 6.94. The fourth-order valence-electron chi connectivity index (χ4n) is 5.15. The zero-order valence-corrected chi connectivity index (χ0v) is 20.7. The van der Waals surface area contributed by atoms with E-state index >= 15 is 0 Å². The van der Waals surface area contributed by atoms with Crippen molar-refractivity contribution in [3.05, 3.63) is 64.7 Å². The SMILES string of the molecule is Cc1cccc(C2c3cc(OCC(=O)NCCN(C)C)ccc3CCN2C(=O)C2CCCC2)c1. The molecule has 182 valence electrons. The number of ether oxygens (including phenoxy) is 1. The van der Waals surface area contributed by atoms with E-state index in [1.165, 1.54) is 11.1 Å². The number of likely N-dealkylation sites (N-methyl/N-ethyl adjacent to an activating group) is 1. The van der Waals surface area contributed by atoms with Crippen molar-refractivity contribution in [2.75, 3.05) is 40.3 Å². The van der Waals surface area contributed by atoms with Gasteiger partial charge >= 0.3 is 0 Å². The molecule has 2 aliphatic rings. The summed E-state index contributed by atoms with van der Waals surface area (Å²) in [6.45, 7) is 4.17. The van der Waals surface area contributed by atoms with Crippen molar-refractivity contribution in [2.45, 2.75) is 45.1 Å². The molecule has 1 aliphatic carbocycles. The molecule has 0 saturated heterocycles. The van der Waals surface area contributed by atoms with Crippen LogP contribution in [0.25, 0.3) is 0 Å². The fraction of sp³-hybridized carbons (Fsp3) is 0.500. The Morgan fingerprint density at radius 1 is 1.12 bits per heavy atom. The first kappa shape index (κ1) is 24.3. The van der Waals surface area contributed by atoms with E-state index in [0.717, 1.165) is 56.3 Å². The van der Waals surface area contributed by atoms with Crippen LogP contribution in [0, 0.1) is 12.8 Å². The number of fused-ring (bicyclic) bond motifs is 1. The molecule has 0 aromatic heterocycles. The molecular formula is C28H37N3O3. The second-order valence-corrected chi connectivity index (χ2v) is 9.88. The van der Waals surface area contributed by atoms with E-state index in [1.54, 1.807) is 0 Å². The summed E-state index contributed by atoms with van der Waals surface area (Å²) in [6.07, 6.45) is 5.11. The summed E-state index contributed by atoms with van der Waals surface area (Å²) in [5.74, 6) is 0.947. The van der Waals surface area contributed by atoms with Crippen LogP contribution >= 0.6 is 0 Å². The molecule has 1 atom stereocenters. The highest BCUT2D eigenvalue weighted by molar-refractivity contribution is 5.80. The molecule has 1 N–H and O–H groups in total. The number of rotatable bonds is 8. The minimum absolute atomic E-state index is 0.0218. The highest BCUT2D eigenvalue weighted by Gasteiger charge is 2.36. The Bertz CT molecular complexity index is 1010. The summed E-state index contributed by atoms with van der Waals surface area (Å²) in [4.78, 5) is 29.9. The Balaban J connectivity index is 1.56. The molecule has 6 heteroatoms. The van der Waals surface area contributed by atoms with Crippen molar-refractivity contribution in [1.82, 2.24) is 15.1 Å². The standard InChI is InChI=1S/C28H37N3O3/c1-20-7-6-10-23(17-20)27-25-18-24(34-19-26(32)29-14-16-30(2)3)12-11-21(25)13-15-31(27)28(33)22-8-4-5-9-22/h6-7,10-12,17-18,22,27H,4-5,8-9,13-16,19H2,1-3H3,(H,29,32). The minimum atomic E-state index is -0.132. The number of carbonyl (C=O) groups excluding carboxylic acids is 2. The van der Waals surface area contributed by atoms with Gasteiger partial charge in [0.2, 0.25) is 5.91 Å². The predicted octanol–water partition coefficient (Wildman–Crippen LogP) is 3.72. The molecule has 34 heavy (non-hydrogen) atoms. The minimum Gasteiger partial charge on any atom is -0.484 e. The third kappa shape index (κ3) is 5.79. The molecule has 0 bridgehead atoms. The van der Waals surface area contributed by atoms with Crippen LogP contribution in [0.4, 0.5) is 0 Å². The van der Waals surface area contributed by atoms with Crippen LogP contribution in [0.3, 0.4) is 0 Å². The quantitative estimate of drug-likeness (QED) is 0.648. The van der Waals surface area contributed by atoms with E-state index < -0.39 is 0 Å². The number of hydrogen-bond acceptors (Lipinski definition) is 4. The Kier molecular flexibility index (Phi) is 7.88. The van der Waals surface area contributed by atoms with Crippen LogP contribution in [-0.2, 0) is 16.0 Å². The summed E-state index contributed by atoms with van der Waals surface area (Å²) < 4.78 is 5.87. The largest absolute Gasteiger partial charge is 0.484 e. The zero-order valence-electron chi connectivity index (χ0n) is 20.7. The van der Waals surface area contributed by atoms with Gasteiger partial charge in [-0.05, 0) is 69.1 Å². The maximum atomic E-state index is 13.6. The van der Waals surface area contributed by atoms with Crippen molar-refractivity contribution in [1.29, 1.82) is 0 Å². The Morgan fingerprint density at radius 2 is 1.91 bits per heavy atom. The molecule has 6 nitrogen and oxygen atoms in total. The van der Waals surface area contributed by atoms with E-state index in [9.17, 15) is 9.59 Å². The van der Waals surface area contributed by atoms with Gasteiger partial charge in [-0.25, -0.2) is 0 Å². The van der Waals surface area contributed by atoms with E-state index in [-0.39, 0.29) is 30.4 Å². The predicted molar refractivity (Wildman–Crippen MR) is 134 cm³/mol. The Hall–Kier alpha value is -2.86. The van der Waals surface area contributed by atoms with Crippen LogP contribution < -0.4 is 10.1 Å². The van der Waals surface area contributed by atoms with Gasteiger partial charge in [-0.15, -0.1) is 0 Å². The summed E-state index contributed by atoms with van der Waals surface area (Å²) in [7, 11) is 3.95. The zero-order chi connectivity index (χ0) is 24.1. The van der Waals surface area contributed by atoms with Crippen molar-refractivity contribution >= 4 is 11.8 Å². The lowest BCUT2D eigenvalue weighted by molar-refractivity contribution is -0.137. The Morgan fingerprint density at radius 3 is 2.65 bits per heavy atom. The van der Waals surface area contributed by atoms with Gasteiger partial charge in [-0.1, -0.05) is 48.7 Å². The number of nitrogens with zero attached hydrogens (tertiary/aromatic N) is 2. The van der Waals surface area contributed by atoms with Crippen LogP contribution in [0.15, 0.2) is 42.5 Å². The van der Waals surface area contributed by atoms with Gasteiger partial charge in [-0.3, -0.25) is 9.59 Å². The summed E-state index contributed by atoms with van der Waals surface area (Å²) in [5.41, 5.74) is 4.66. The van der Waals surface area contributed by atoms with Crippen molar-refractivity contribution in [3.8, 4) is 5.75 Å². The van der Waals surface area contributed by atoms with Crippen molar-refractivity contribution in [3.63, 3.8) is 0 Å². The number of hydrogen-bond donors (Lipinski definition) is 1. The molecule has 1 unspecified atom stereocenters. The molecule has 2 amide bonds. The maximum absolute atomic E-state index is 13.6.